The van der Waals surface area contributed by atoms with Gasteiger partial charge in [-0.1, -0.05) is 12.1 Å². The second-order valence-corrected chi connectivity index (χ2v) is 5.72. The zero-order valence-corrected chi connectivity index (χ0v) is 10.9. The van der Waals surface area contributed by atoms with Gasteiger partial charge in [0.25, 0.3) is 0 Å². The van der Waals surface area contributed by atoms with Crippen LogP contribution in [0.4, 0.5) is 0 Å². The fraction of sp³-hybridized carbons (Fsp3) is 0.800. The molecule has 0 aromatic carbocycles. The maximum Gasteiger partial charge on any atom is 0.141 e. The summed E-state index contributed by atoms with van der Waals surface area (Å²) in [5, 5.41) is 8.45. The van der Waals surface area contributed by atoms with E-state index < -0.39 is 0 Å². The van der Waals surface area contributed by atoms with Gasteiger partial charge in [-0.3, -0.25) is 4.35 Å². The molecule has 1 fully saturated rings. The van der Waals surface area contributed by atoms with E-state index >= 15 is 0 Å². The number of hydrogen-bond donors (Lipinski definition) is 0. The van der Waals surface area contributed by atoms with Crippen LogP contribution in [0.3, 0.4) is 0 Å². The number of rotatable bonds is 0. The van der Waals surface area contributed by atoms with Crippen LogP contribution < -0.4 is 0 Å². The summed E-state index contributed by atoms with van der Waals surface area (Å²) in [5.41, 5.74) is 2.73. The Bertz CT molecular complexity index is 360. The van der Waals surface area contributed by atoms with Crippen LogP contribution in [0.1, 0.15) is 31.2 Å². The van der Waals surface area contributed by atoms with Crippen molar-refractivity contribution in [1.29, 1.82) is 0 Å². The molecule has 1 aromatic rings. The van der Waals surface area contributed by atoms with Gasteiger partial charge in [0, 0.05) is 0 Å². The van der Waals surface area contributed by atoms with E-state index in [9.17, 15) is 0 Å². The Morgan fingerprint density at radius 2 is 2.00 bits per heavy atom. The van der Waals surface area contributed by atoms with Crippen LogP contribution in [0.2, 0.25) is 0 Å². The normalized spacial score (nSPS) is 35.6. The van der Waals surface area contributed by atoms with Gasteiger partial charge in [-0.15, -0.1) is 5.10 Å². The highest BCUT2D eigenvalue weighted by atomic mass is 28.2. The highest BCUT2D eigenvalue weighted by Crippen LogP contribution is 2.52. The summed E-state index contributed by atoms with van der Waals surface area (Å²) < 4.78 is 2.10. The van der Waals surface area contributed by atoms with Gasteiger partial charge >= 0.3 is 0 Å². The Balaban J connectivity index is 1.87. The van der Waals surface area contributed by atoms with E-state index in [-0.39, 0.29) is 0 Å². The lowest BCUT2D eigenvalue weighted by Crippen LogP contribution is -2.06. The van der Waals surface area contributed by atoms with Crippen molar-refractivity contribution >= 4 is 10.4 Å². The quantitative estimate of drug-likeness (QED) is 0.568. The van der Waals surface area contributed by atoms with E-state index in [1.807, 2.05) is 0 Å². The molecule has 0 saturated heterocycles. The van der Waals surface area contributed by atoms with Gasteiger partial charge in [0.2, 0.25) is 0 Å². The molecule has 76 valence electrons. The summed E-state index contributed by atoms with van der Waals surface area (Å²) >= 11 is 0. The Kier molecular flexibility index (Phi) is 1.80. The summed E-state index contributed by atoms with van der Waals surface area (Å²) in [5.74, 6) is 3.00. The van der Waals surface area contributed by atoms with E-state index in [2.05, 4.69) is 21.6 Å². The second-order valence-electron chi connectivity index (χ2n) is 4.87. The number of aryl methyl sites for hydroxylation is 1. The minimum Gasteiger partial charge on any atom is -0.289 e. The van der Waals surface area contributed by atoms with Gasteiger partial charge in [-0.05, 0) is 43.4 Å². The fourth-order valence-electron chi connectivity index (χ4n) is 3.12. The lowest BCUT2D eigenvalue weighted by Gasteiger charge is -2.08. The van der Waals surface area contributed by atoms with Crippen molar-refractivity contribution in [2.75, 3.05) is 0 Å². The summed E-state index contributed by atoms with van der Waals surface area (Å²) in [6.45, 7) is 2.41. The van der Waals surface area contributed by atoms with Crippen LogP contribution in [0.25, 0.3) is 0 Å². The molecule has 3 unspecified atom stereocenters. The first-order valence-electron chi connectivity index (χ1n) is 5.65. The van der Waals surface area contributed by atoms with Gasteiger partial charge < -0.3 is 0 Å². The van der Waals surface area contributed by atoms with Crippen molar-refractivity contribution in [3.8, 4) is 0 Å². The van der Waals surface area contributed by atoms with Crippen molar-refractivity contribution in [3.05, 3.63) is 11.4 Å². The molecule has 0 spiro atoms. The largest absolute Gasteiger partial charge is 0.289 e. The monoisotopic (exact) mass is 207 g/mol. The molecule has 0 bridgehead atoms. The van der Waals surface area contributed by atoms with Crippen molar-refractivity contribution in [2.24, 2.45) is 17.8 Å². The molecule has 2 aliphatic rings. The Labute approximate surface area is 87.4 Å². The molecule has 1 aromatic heterocycles. The van der Waals surface area contributed by atoms with E-state index in [1.165, 1.54) is 37.1 Å². The molecule has 3 atom stereocenters. The van der Waals surface area contributed by atoms with E-state index in [0.717, 1.165) is 28.2 Å². The van der Waals surface area contributed by atoms with Crippen LogP contribution in [0.5, 0.6) is 0 Å². The first-order chi connectivity index (χ1) is 6.77. The number of nitrogens with zero attached hydrogens (tertiary/aromatic N) is 3. The summed E-state index contributed by atoms with van der Waals surface area (Å²) in [6, 6.07) is 0. The summed E-state index contributed by atoms with van der Waals surface area (Å²) in [4.78, 5) is 0. The van der Waals surface area contributed by atoms with Crippen LogP contribution in [-0.4, -0.2) is 25.1 Å². The minimum absolute atomic E-state index is 0.981. The van der Waals surface area contributed by atoms with Gasteiger partial charge in [0.1, 0.15) is 10.4 Å². The number of hydrogen-bond acceptors (Lipinski definition) is 2. The first-order valence-corrected chi connectivity index (χ1v) is 6.54. The zero-order valence-electron chi connectivity index (χ0n) is 8.90. The van der Waals surface area contributed by atoms with Gasteiger partial charge in [-0.2, -0.15) is 0 Å². The molecule has 3 rings (SSSR count). The maximum absolute atomic E-state index is 4.28. The molecule has 0 aliphatic heterocycles. The van der Waals surface area contributed by atoms with E-state index in [0.29, 0.717) is 0 Å². The molecular formula is C10H17N3Si. The minimum atomic E-state index is 0.981. The lowest BCUT2D eigenvalue weighted by atomic mass is 10.0. The zero-order chi connectivity index (χ0) is 9.71. The Morgan fingerprint density at radius 1 is 1.29 bits per heavy atom. The van der Waals surface area contributed by atoms with Crippen molar-refractivity contribution in [2.45, 2.75) is 32.6 Å². The van der Waals surface area contributed by atoms with Gasteiger partial charge in [-0.25, -0.2) is 0 Å². The molecule has 1 saturated carbocycles. The lowest BCUT2D eigenvalue weighted by molar-refractivity contribution is 0.577. The summed E-state index contributed by atoms with van der Waals surface area (Å²) in [6.07, 6.45) is 5.11. The number of aromatic nitrogens is 3. The molecule has 1 heterocycles. The Morgan fingerprint density at radius 3 is 2.79 bits per heavy atom. The van der Waals surface area contributed by atoms with Gasteiger partial charge in [0.15, 0.2) is 0 Å². The van der Waals surface area contributed by atoms with Crippen molar-refractivity contribution in [3.63, 3.8) is 0 Å². The average Bonchev–Trinajstić information content (AvgIpc) is 2.58. The molecule has 14 heavy (non-hydrogen) atoms. The molecule has 3 nitrogen and oxygen atoms in total. The van der Waals surface area contributed by atoms with Crippen LogP contribution in [0.15, 0.2) is 0 Å². The third-order valence-electron chi connectivity index (χ3n) is 4.21. The first kappa shape index (κ1) is 8.65. The van der Waals surface area contributed by atoms with Crippen LogP contribution >= 0.6 is 0 Å². The number of fused-ring (bicyclic) bond motifs is 2. The highest BCUT2D eigenvalue weighted by Gasteiger charge is 2.46. The van der Waals surface area contributed by atoms with E-state index in [4.69, 9.17) is 0 Å². The topological polar surface area (TPSA) is 30.7 Å². The highest BCUT2D eigenvalue weighted by molar-refractivity contribution is 6.06. The second kappa shape index (κ2) is 2.92. The summed E-state index contributed by atoms with van der Waals surface area (Å²) in [7, 11) is 0.986. The molecule has 4 heteroatoms. The standard InChI is InChI=1S/C10H17N3Si/c1-6-7-2-4-9-10(5-3-8(6)7)13(14)12-11-9/h6-8H,2-5H2,1,14H3. The third-order valence-corrected chi connectivity index (χ3v) is 4.93. The average molecular weight is 207 g/mol. The Hall–Kier alpha value is -0.643. The van der Waals surface area contributed by atoms with Crippen molar-refractivity contribution in [1.82, 2.24) is 14.7 Å². The van der Waals surface area contributed by atoms with Crippen LogP contribution in [0, 0.1) is 17.8 Å². The smallest absolute Gasteiger partial charge is 0.141 e. The molecule has 2 aliphatic carbocycles. The predicted molar refractivity (Wildman–Crippen MR) is 58.1 cm³/mol. The predicted octanol–water partition coefficient (Wildman–Crippen LogP) is 0.168. The molecule has 0 N–H and O–H groups in total. The van der Waals surface area contributed by atoms with Crippen LogP contribution in [-0.2, 0) is 12.8 Å². The SMILES string of the molecule is CC1C2CCc3nnn([SiH3])c3CCC12. The van der Waals surface area contributed by atoms with Gasteiger partial charge in [0.05, 0.1) is 11.4 Å². The van der Waals surface area contributed by atoms with Crippen molar-refractivity contribution < 1.29 is 0 Å². The fourth-order valence-corrected chi connectivity index (χ4v) is 3.69. The maximum atomic E-state index is 4.28. The van der Waals surface area contributed by atoms with E-state index in [1.54, 1.807) is 0 Å². The molecule has 0 radical (unpaired) electrons. The molecular weight excluding hydrogens is 190 g/mol. The third kappa shape index (κ3) is 1.16. The molecule has 0 amide bonds.